The van der Waals surface area contributed by atoms with Gasteiger partial charge in [0.25, 0.3) is 16.1 Å². The summed E-state index contributed by atoms with van der Waals surface area (Å²) >= 11 is 0. The van der Waals surface area contributed by atoms with Crippen LogP contribution in [0, 0.1) is 0 Å². The Labute approximate surface area is 189 Å². The third-order valence-electron chi connectivity index (χ3n) is 5.91. The molecule has 174 valence electrons. The molecule has 3 N–H and O–H groups in total. The Bertz CT molecular complexity index is 1000. The fourth-order valence-corrected chi connectivity index (χ4v) is 5.31. The summed E-state index contributed by atoms with van der Waals surface area (Å²) in [7, 11) is -2.15. The Hall–Kier alpha value is -2.46. The quantitative estimate of drug-likeness (QED) is 0.527. The molecular formula is C23H31N3O5S. The fraction of sp³-hybridized carbons (Fsp3) is 0.435. The monoisotopic (exact) mass is 461 g/mol. The molecule has 1 atom stereocenters. The van der Waals surface area contributed by atoms with Gasteiger partial charge in [-0.15, -0.1) is 0 Å². The van der Waals surface area contributed by atoms with E-state index >= 15 is 0 Å². The summed E-state index contributed by atoms with van der Waals surface area (Å²) < 4.78 is 34.3. The number of carbonyl (C=O) groups is 1. The maximum atomic E-state index is 12.9. The topological polar surface area (TPSA) is 108 Å². The van der Waals surface area contributed by atoms with Crippen LogP contribution in [0.2, 0.25) is 0 Å². The summed E-state index contributed by atoms with van der Waals surface area (Å²) in [6, 6.07) is 16.9. The summed E-state index contributed by atoms with van der Waals surface area (Å²) in [6.07, 6.45) is 0.348. The number of rotatable bonds is 9. The molecule has 0 bridgehead atoms. The van der Waals surface area contributed by atoms with Crippen LogP contribution in [0.25, 0.3) is 0 Å². The van der Waals surface area contributed by atoms with Gasteiger partial charge in [-0.3, -0.25) is 4.79 Å². The second-order valence-corrected chi connectivity index (χ2v) is 9.89. The number of ether oxygens (including phenoxy) is 1. The number of piperidine rings is 1. The molecule has 0 aromatic heterocycles. The van der Waals surface area contributed by atoms with E-state index in [9.17, 15) is 18.3 Å². The number of nitrogens with zero attached hydrogens (tertiary/aromatic N) is 1. The molecule has 0 spiro atoms. The van der Waals surface area contributed by atoms with Gasteiger partial charge < -0.3 is 15.2 Å². The Morgan fingerprint density at radius 2 is 1.75 bits per heavy atom. The van der Waals surface area contributed by atoms with Gasteiger partial charge in [0, 0.05) is 31.6 Å². The van der Waals surface area contributed by atoms with Crippen molar-refractivity contribution >= 4 is 16.1 Å². The number of para-hydroxylation sites is 1. The average Bonchev–Trinajstić information content (AvgIpc) is 2.82. The van der Waals surface area contributed by atoms with Crippen molar-refractivity contribution in [1.29, 1.82) is 0 Å². The van der Waals surface area contributed by atoms with Gasteiger partial charge in [-0.1, -0.05) is 42.5 Å². The van der Waals surface area contributed by atoms with E-state index in [0.29, 0.717) is 43.8 Å². The number of hydrogen-bond acceptors (Lipinski definition) is 5. The lowest BCUT2D eigenvalue weighted by Gasteiger charge is -2.42. The Balaban J connectivity index is 1.76. The zero-order chi connectivity index (χ0) is 23.2. The van der Waals surface area contributed by atoms with Crippen molar-refractivity contribution in [3.8, 4) is 5.75 Å². The van der Waals surface area contributed by atoms with Crippen LogP contribution >= 0.6 is 0 Å². The van der Waals surface area contributed by atoms with Gasteiger partial charge in [0.05, 0.1) is 18.8 Å². The molecule has 2 aromatic rings. The first kappa shape index (κ1) is 24.2. The van der Waals surface area contributed by atoms with Crippen molar-refractivity contribution in [3.63, 3.8) is 0 Å². The minimum atomic E-state index is -3.67. The van der Waals surface area contributed by atoms with Crippen LogP contribution in [0.1, 0.15) is 35.7 Å². The first-order valence-corrected chi connectivity index (χ1v) is 12.1. The van der Waals surface area contributed by atoms with E-state index in [1.807, 2.05) is 36.4 Å². The molecule has 9 heteroatoms. The number of nitrogens with one attached hydrogen (secondary N) is 2. The van der Waals surface area contributed by atoms with Crippen molar-refractivity contribution in [2.45, 2.75) is 31.3 Å². The van der Waals surface area contributed by atoms with E-state index in [1.165, 1.54) is 18.3 Å². The van der Waals surface area contributed by atoms with Crippen LogP contribution in [0.15, 0.2) is 54.6 Å². The zero-order valence-corrected chi connectivity index (χ0v) is 19.3. The van der Waals surface area contributed by atoms with E-state index in [-0.39, 0.29) is 12.5 Å². The number of benzene rings is 2. The molecule has 3 rings (SSSR count). The molecule has 32 heavy (non-hydrogen) atoms. The molecular weight excluding hydrogens is 430 g/mol. The zero-order valence-electron chi connectivity index (χ0n) is 18.5. The minimum absolute atomic E-state index is 0.0301. The smallest absolute Gasteiger partial charge is 0.279 e. The van der Waals surface area contributed by atoms with E-state index < -0.39 is 21.7 Å². The third-order valence-corrected chi connectivity index (χ3v) is 7.48. The summed E-state index contributed by atoms with van der Waals surface area (Å²) in [5.74, 6) is 0.273. The number of amides is 1. The fourth-order valence-electron chi connectivity index (χ4n) is 4.01. The third kappa shape index (κ3) is 5.66. The van der Waals surface area contributed by atoms with Gasteiger partial charge in [0.15, 0.2) is 0 Å². The van der Waals surface area contributed by atoms with Gasteiger partial charge in [0.2, 0.25) is 0 Å². The number of carbonyl (C=O) groups excluding carboxylic acids is 1. The lowest BCUT2D eigenvalue weighted by atomic mass is 9.73. The van der Waals surface area contributed by atoms with Crippen LogP contribution < -0.4 is 14.8 Å². The second-order valence-electron chi connectivity index (χ2n) is 8.13. The van der Waals surface area contributed by atoms with Crippen LogP contribution in [0.3, 0.4) is 0 Å². The SMILES string of the molecule is COc1ccccc1C(=O)NCC1(c2ccccc2)CCN(S(=O)(=O)NC[C@H](C)O)CC1. The highest BCUT2D eigenvalue weighted by Gasteiger charge is 2.39. The van der Waals surface area contributed by atoms with E-state index in [1.54, 1.807) is 18.2 Å². The molecule has 1 saturated heterocycles. The van der Waals surface area contributed by atoms with Gasteiger partial charge >= 0.3 is 0 Å². The summed E-state index contributed by atoms with van der Waals surface area (Å²) in [5, 5.41) is 12.4. The van der Waals surface area contributed by atoms with E-state index in [4.69, 9.17) is 4.74 Å². The van der Waals surface area contributed by atoms with Crippen LogP contribution in [-0.4, -0.2) is 63.1 Å². The highest BCUT2D eigenvalue weighted by molar-refractivity contribution is 7.87. The Morgan fingerprint density at radius 3 is 2.38 bits per heavy atom. The largest absolute Gasteiger partial charge is 0.496 e. The molecule has 0 aliphatic carbocycles. The molecule has 1 aliphatic heterocycles. The molecule has 0 radical (unpaired) electrons. The molecule has 1 heterocycles. The predicted octanol–water partition coefficient (Wildman–Crippen LogP) is 1.67. The average molecular weight is 462 g/mol. The van der Waals surface area contributed by atoms with E-state index in [2.05, 4.69) is 10.0 Å². The molecule has 2 aromatic carbocycles. The first-order valence-electron chi connectivity index (χ1n) is 10.7. The van der Waals surface area contributed by atoms with Gasteiger partial charge in [-0.05, 0) is 37.5 Å². The first-order chi connectivity index (χ1) is 15.3. The Morgan fingerprint density at radius 1 is 1.12 bits per heavy atom. The minimum Gasteiger partial charge on any atom is -0.496 e. The van der Waals surface area contributed by atoms with Crippen molar-refractivity contribution in [2.24, 2.45) is 0 Å². The number of methoxy groups -OCH3 is 1. The molecule has 0 unspecified atom stereocenters. The summed E-state index contributed by atoms with van der Waals surface area (Å²) in [6.45, 7) is 2.51. The number of hydrogen-bond donors (Lipinski definition) is 3. The number of aliphatic hydroxyl groups excluding tert-OH is 1. The normalized spacial score (nSPS) is 17.5. The molecule has 1 aliphatic rings. The molecule has 0 saturated carbocycles. The summed E-state index contributed by atoms with van der Waals surface area (Å²) in [4.78, 5) is 12.9. The summed E-state index contributed by atoms with van der Waals surface area (Å²) in [5.41, 5.74) is 1.13. The lowest BCUT2D eigenvalue weighted by molar-refractivity contribution is 0.0929. The van der Waals surface area contributed by atoms with Gasteiger partial charge in [-0.25, -0.2) is 0 Å². The van der Waals surface area contributed by atoms with Gasteiger partial charge in [-0.2, -0.15) is 17.4 Å². The van der Waals surface area contributed by atoms with Crippen LogP contribution in [0.5, 0.6) is 5.75 Å². The highest BCUT2D eigenvalue weighted by atomic mass is 32.2. The lowest BCUT2D eigenvalue weighted by Crippen LogP contribution is -2.53. The van der Waals surface area contributed by atoms with Crippen molar-refractivity contribution in [2.75, 3.05) is 33.3 Å². The molecule has 1 amide bonds. The second kappa shape index (κ2) is 10.4. The highest BCUT2D eigenvalue weighted by Crippen LogP contribution is 2.36. The van der Waals surface area contributed by atoms with Crippen molar-refractivity contribution < 1.29 is 23.1 Å². The van der Waals surface area contributed by atoms with Crippen LogP contribution in [-0.2, 0) is 15.6 Å². The molecule has 8 nitrogen and oxygen atoms in total. The van der Waals surface area contributed by atoms with Crippen molar-refractivity contribution in [1.82, 2.24) is 14.3 Å². The Kier molecular flexibility index (Phi) is 7.89. The standard InChI is InChI=1S/C23H31N3O5S/c1-18(27)16-25-32(29,30)26-14-12-23(13-15-26,19-8-4-3-5-9-19)17-24-22(28)20-10-6-7-11-21(20)31-2/h3-11,18,25,27H,12-17H2,1-2H3,(H,24,28)/t18-/m0/s1. The maximum absolute atomic E-state index is 12.9. The predicted molar refractivity (Wildman–Crippen MR) is 123 cm³/mol. The van der Waals surface area contributed by atoms with E-state index in [0.717, 1.165) is 5.56 Å². The number of aliphatic hydroxyl groups is 1. The van der Waals surface area contributed by atoms with Crippen molar-refractivity contribution in [3.05, 3.63) is 65.7 Å². The van der Waals surface area contributed by atoms with Crippen LogP contribution in [0.4, 0.5) is 0 Å². The molecule has 1 fully saturated rings. The van der Waals surface area contributed by atoms with Gasteiger partial charge in [0.1, 0.15) is 5.75 Å². The maximum Gasteiger partial charge on any atom is 0.279 e.